The molecule has 0 fully saturated rings. The minimum Gasteiger partial charge on any atom is -0.368 e. The van der Waals surface area contributed by atoms with E-state index in [-0.39, 0.29) is 40.9 Å². The summed E-state index contributed by atoms with van der Waals surface area (Å²) in [6, 6.07) is 9.07. The lowest BCUT2D eigenvalue weighted by Gasteiger charge is -2.16. The van der Waals surface area contributed by atoms with E-state index in [4.69, 9.17) is 11.5 Å². The topological polar surface area (TPSA) is 192 Å². The highest BCUT2D eigenvalue weighted by Crippen LogP contribution is 2.15. The van der Waals surface area contributed by atoms with Crippen LogP contribution in [0.3, 0.4) is 0 Å². The van der Waals surface area contributed by atoms with Crippen LogP contribution < -0.4 is 27.9 Å². The van der Waals surface area contributed by atoms with E-state index >= 15 is 0 Å². The number of amides is 1. The summed E-state index contributed by atoms with van der Waals surface area (Å²) < 4.78 is 2.98. The van der Waals surface area contributed by atoms with Crippen molar-refractivity contribution in [2.75, 3.05) is 11.5 Å². The monoisotopic (exact) mass is 522 g/mol. The van der Waals surface area contributed by atoms with Gasteiger partial charge in [0.25, 0.3) is 11.1 Å². The predicted octanol–water partition coefficient (Wildman–Crippen LogP) is 1.53. The number of hydrogen-bond donors (Lipinski definition) is 4. The molecule has 6 N–H and O–H groups in total. The number of nitrogens with two attached hydrogens (primary N) is 2. The van der Waals surface area contributed by atoms with Crippen LogP contribution in [0.5, 0.6) is 0 Å². The smallest absolute Gasteiger partial charge is 0.298 e. The van der Waals surface area contributed by atoms with Crippen LogP contribution >= 0.6 is 0 Å². The molecule has 3 aromatic heterocycles. The van der Waals surface area contributed by atoms with Gasteiger partial charge in [0.05, 0.1) is 18.3 Å². The number of fused-ring (bicyclic) bond motifs is 1. The number of nitrogens with zero attached hydrogens (tertiary/aromatic N) is 6. The fraction of sp³-hybridized carbons (Fsp3) is 0.400. The van der Waals surface area contributed by atoms with E-state index in [1.807, 2.05) is 44.2 Å². The molecule has 4 rings (SSSR count). The predicted molar refractivity (Wildman–Crippen MR) is 144 cm³/mol. The van der Waals surface area contributed by atoms with Crippen LogP contribution in [-0.4, -0.2) is 40.3 Å². The molecular weight excluding hydrogens is 488 g/mol. The van der Waals surface area contributed by atoms with Gasteiger partial charge < -0.3 is 16.8 Å². The Hall–Kier alpha value is -4.55. The maximum Gasteiger partial charge on any atom is 0.298 e. The molecule has 38 heavy (non-hydrogen) atoms. The van der Waals surface area contributed by atoms with E-state index in [2.05, 4.69) is 30.5 Å². The second kappa shape index (κ2) is 11.7. The van der Waals surface area contributed by atoms with Crippen LogP contribution in [0.25, 0.3) is 5.52 Å². The molecule has 4 aromatic rings. The van der Waals surface area contributed by atoms with E-state index in [1.54, 1.807) is 27.7 Å². The first-order valence-corrected chi connectivity index (χ1v) is 12.2. The number of hydrogen-bond acceptors (Lipinski definition) is 9. The summed E-state index contributed by atoms with van der Waals surface area (Å²) in [5, 5.41) is 11.1. The quantitative estimate of drug-likeness (QED) is 0.291. The Morgan fingerprint density at radius 1 is 1.03 bits per heavy atom. The number of rotatable bonds is 6. The first-order valence-electron chi connectivity index (χ1n) is 12.2. The van der Waals surface area contributed by atoms with Gasteiger partial charge >= 0.3 is 0 Å². The fourth-order valence-electron chi connectivity index (χ4n) is 3.62. The number of carbonyl (C=O) groups excluding carboxylic acids is 1. The Morgan fingerprint density at radius 2 is 1.68 bits per heavy atom. The van der Waals surface area contributed by atoms with Gasteiger partial charge in [0.15, 0.2) is 11.2 Å². The van der Waals surface area contributed by atoms with Gasteiger partial charge in [0, 0.05) is 11.8 Å². The minimum absolute atomic E-state index is 0.0463. The highest BCUT2D eigenvalue weighted by molar-refractivity contribution is 5.78. The first-order chi connectivity index (χ1) is 17.9. The van der Waals surface area contributed by atoms with Crippen LogP contribution in [0.4, 0.5) is 11.9 Å². The summed E-state index contributed by atoms with van der Waals surface area (Å²) in [5.41, 5.74) is 12.8. The fourth-order valence-corrected chi connectivity index (χ4v) is 3.62. The molecule has 1 aromatic carbocycles. The van der Waals surface area contributed by atoms with Crippen LogP contribution in [0.15, 0.2) is 39.9 Å². The highest BCUT2D eigenvalue weighted by Gasteiger charge is 2.19. The maximum atomic E-state index is 12.0. The van der Waals surface area contributed by atoms with Gasteiger partial charge in [-0.15, -0.1) is 5.10 Å². The zero-order valence-corrected chi connectivity index (χ0v) is 22.4. The van der Waals surface area contributed by atoms with Crippen LogP contribution in [0.1, 0.15) is 69.4 Å². The molecule has 0 aliphatic rings. The van der Waals surface area contributed by atoms with Crippen molar-refractivity contribution in [3.05, 3.63) is 73.8 Å². The zero-order valence-electron chi connectivity index (χ0n) is 22.4. The second-order valence-corrected chi connectivity index (χ2v) is 9.50. The molecule has 13 nitrogen and oxygen atoms in total. The van der Waals surface area contributed by atoms with E-state index in [0.717, 1.165) is 11.4 Å². The average Bonchev–Trinajstić information content (AvgIpc) is 3.18. The molecule has 0 aliphatic carbocycles. The molecule has 13 heteroatoms. The number of benzene rings is 1. The van der Waals surface area contributed by atoms with Gasteiger partial charge in [0.2, 0.25) is 17.8 Å². The molecule has 0 bridgehead atoms. The molecular formula is C25H34N10O3. The van der Waals surface area contributed by atoms with Crippen molar-refractivity contribution in [3.8, 4) is 0 Å². The number of nitrogen functional groups attached to an aromatic ring is 2. The maximum absolute atomic E-state index is 12.0. The Bertz CT molecular complexity index is 1540. The Balaban J connectivity index is 0.000000230. The molecule has 0 saturated carbocycles. The van der Waals surface area contributed by atoms with Gasteiger partial charge in [-0.1, -0.05) is 58.0 Å². The summed E-state index contributed by atoms with van der Waals surface area (Å²) in [6.07, 6.45) is 0. The summed E-state index contributed by atoms with van der Waals surface area (Å²) >= 11 is 0. The Labute approximate surface area is 219 Å². The Kier molecular flexibility index (Phi) is 8.61. The molecule has 1 amide bonds. The Morgan fingerprint density at radius 3 is 2.29 bits per heavy atom. The molecule has 202 valence electrons. The number of imidazole rings is 1. The number of aryl methyl sites for hydroxylation is 1. The van der Waals surface area contributed by atoms with Crippen molar-refractivity contribution >= 4 is 23.3 Å². The van der Waals surface area contributed by atoms with Crippen molar-refractivity contribution in [1.29, 1.82) is 0 Å². The van der Waals surface area contributed by atoms with Crippen LogP contribution in [0, 0.1) is 12.8 Å². The van der Waals surface area contributed by atoms with Crippen molar-refractivity contribution in [2.45, 2.75) is 60.0 Å². The van der Waals surface area contributed by atoms with Gasteiger partial charge in [0.1, 0.15) is 5.82 Å². The van der Waals surface area contributed by atoms with Gasteiger partial charge in [-0.2, -0.15) is 10.1 Å². The molecule has 0 aliphatic heterocycles. The number of nitrogens with one attached hydrogen (secondary N) is 2. The van der Waals surface area contributed by atoms with Crippen molar-refractivity contribution in [2.24, 2.45) is 5.92 Å². The van der Waals surface area contributed by atoms with Crippen LogP contribution in [0.2, 0.25) is 0 Å². The molecule has 0 saturated heterocycles. The summed E-state index contributed by atoms with van der Waals surface area (Å²) in [7, 11) is 0. The molecule has 3 heterocycles. The largest absolute Gasteiger partial charge is 0.368 e. The van der Waals surface area contributed by atoms with Crippen molar-refractivity contribution in [1.82, 2.24) is 39.7 Å². The lowest BCUT2D eigenvalue weighted by atomic mass is 10.1. The number of H-pyrrole nitrogens is 1. The van der Waals surface area contributed by atoms with E-state index in [9.17, 15) is 14.4 Å². The first kappa shape index (κ1) is 28.0. The summed E-state index contributed by atoms with van der Waals surface area (Å²) in [4.78, 5) is 46.0. The third-order valence-corrected chi connectivity index (χ3v) is 5.63. The zero-order chi connectivity index (χ0) is 28.1. The minimum atomic E-state index is -0.535. The van der Waals surface area contributed by atoms with Gasteiger partial charge in [-0.3, -0.25) is 19.4 Å². The summed E-state index contributed by atoms with van der Waals surface area (Å²) in [6.45, 7) is 11.4. The third kappa shape index (κ3) is 6.41. The number of aromatic nitrogens is 7. The molecule has 0 spiro atoms. The number of anilines is 2. The van der Waals surface area contributed by atoms with Gasteiger partial charge in [-0.25, -0.2) is 14.2 Å². The third-order valence-electron chi connectivity index (χ3n) is 5.63. The van der Waals surface area contributed by atoms with Crippen molar-refractivity contribution in [3.63, 3.8) is 0 Å². The van der Waals surface area contributed by atoms with E-state index < -0.39 is 11.6 Å². The number of carbonyl (C=O) groups is 1. The van der Waals surface area contributed by atoms with E-state index in [1.165, 1.54) is 9.20 Å². The normalized spacial score (nSPS) is 11.9. The number of aromatic amines is 1. The highest BCUT2D eigenvalue weighted by atomic mass is 16.2. The lowest BCUT2D eigenvalue weighted by molar-refractivity contribution is -0.124. The molecule has 1 unspecified atom stereocenters. The van der Waals surface area contributed by atoms with Gasteiger partial charge in [-0.05, 0) is 19.4 Å². The average molecular weight is 523 g/mol. The molecule has 0 radical (unpaired) electrons. The van der Waals surface area contributed by atoms with E-state index in [0.29, 0.717) is 17.8 Å². The van der Waals surface area contributed by atoms with Crippen molar-refractivity contribution < 1.29 is 4.79 Å². The standard InChI is InChI=1S/C16H21N5O2.C9H13N5O/c1-10(2)14(22)18-11(3)13-15(23)19-16(17)21(20-13)9-12-7-5-4-6-8-12;1-4(2)7-11-5(3)6-8(15)12-9(10)13-14(6)7/h4-8,10-11H,9H2,1-3H3,(H,18,22)(H2,17,19,23);4H,1-3H3,(H3,10,12,13,15). The summed E-state index contributed by atoms with van der Waals surface area (Å²) in [5.74, 6) is 0.771. The van der Waals surface area contributed by atoms with Crippen LogP contribution in [-0.2, 0) is 11.3 Å². The molecule has 1 atom stereocenters. The second-order valence-electron chi connectivity index (χ2n) is 9.50. The lowest BCUT2D eigenvalue weighted by Crippen LogP contribution is -2.35. The SMILES string of the molecule is CC(C)C(=O)NC(C)c1nn(Cc2ccccc2)c(N)nc1=O.Cc1nc(C(C)C)n2nc(N)[nH]c(=O)c12.